The summed E-state index contributed by atoms with van der Waals surface area (Å²) in [6.45, 7) is 2.83. The Bertz CT molecular complexity index is 1260. The van der Waals surface area contributed by atoms with Crippen LogP contribution in [0.2, 0.25) is 0 Å². The lowest BCUT2D eigenvalue weighted by Gasteiger charge is -2.08. The number of nitrogens with one attached hydrogen (secondary N) is 1. The van der Waals surface area contributed by atoms with Crippen molar-refractivity contribution in [3.8, 4) is 11.3 Å². The summed E-state index contributed by atoms with van der Waals surface area (Å²) in [6, 6.07) is 12.0. The van der Waals surface area contributed by atoms with E-state index in [1.807, 2.05) is 28.1 Å². The first-order valence-corrected chi connectivity index (χ1v) is 11.3. The molecule has 1 aliphatic heterocycles. The van der Waals surface area contributed by atoms with E-state index in [-0.39, 0.29) is 17.3 Å². The van der Waals surface area contributed by atoms with Crippen molar-refractivity contribution in [1.82, 2.24) is 4.57 Å². The zero-order valence-electron chi connectivity index (χ0n) is 16.5. The van der Waals surface area contributed by atoms with Crippen molar-refractivity contribution in [2.45, 2.75) is 26.3 Å². The number of nitrogens with zero attached hydrogens (tertiary/aromatic N) is 4. The zero-order chi connectivity index (χ0) is 22.0. The summed E-state index contributed by atoms with van der Waals surface area (Å²) in [4.78, 5) is 23.5. The minimum atomic E-state index is -0.414. The highest BCUT2D eigenvalue weighted by molar-refractivity contribution is 9.10. The number of carbonyl (C=O) groups excluding carboxylic acids is 1. The van der Waals surface area contributed by atoms with Gasteiger partial charge in [-0.1, -0.05) is 29.3 Å². The summed E-state index contributed by atoms with van der Waals surface area (Å²) in [7, 11) is 0. The second-order valence-corrected chi connectivity index (χ2v) is 8.66. The molecule has 3 aromatic rings. The van der Waals surface area contributed by atoms with Gasteiger partial charge in [0.15, 0.2) is 5.71 Å². The molecule has 0 saturated heterocycles. The quantitative estimate of drug-likeness (QED) is 0.383. The molecule has 31 heavy (non-hydrogen) atoms. The summed E-state index contributed by atoms with van der Waals surface area (Å²) in [6.07, 6.45) is 1.94. The van der Waals surface area contributed by atoms with Crippen molar-refractivity contribution >= 4 is 50.3 Å². The Labute approximate surface area is 190 Å². The van der Waals surface area contributed by atoms with Crippen LogP contribution in [0.15, 0.2) is 62.5 Å². The van der Waals surface area contributed by atoms with E-state index in [0.717, 1.165) is 35.1 Å². The minimum absolute atomic E-state index is 0.0486. The Hall–Kier alpha value is -3.11. The number of unbranched alkanes of at least 4 members (excludes halogenated alkanes) is 1. The van der Waals surface area contributed by atoms with Crippen LogP contribution >= 0.6 is 27.3 Å². The highest BCUT2D eigenvalue weighted by atomic mass is 79.9. The van der Waals surface area contributed by atoms with E-state index in [4.69, 9.17) is 0 Å². The van der Waals surface area contributed by atoms with Gasteiger partial charge in [0.25, 0.3) is 11.6 Å². The number of fused-ring (bicyclic) bond motifs is 1. The maximum Gasteiger partial charge on any atom is 0.276 e. The molecule has 1 aromatic heterocycles. The molecule has 10 heteroatoms. The summed E-state index contributed by atoms with van der Waals surface area (Å²) >= 11 is 4.84. The van der Waals surface area contributed by atoms with Gasteiger partial charge in [-0.15, -0.1) is 21.5 Å². The van der Waals surface area contributed by atoms with Crippen molar-refractivity contribution < 1.29 is 9.72 Å². The Morgan fingerprint density at radius 3 is 2.68 bits per heavy atom. The number of hydrogen-bond donors (Lipinski definition) is 1. The Morgan fingerprint density at radius 2 is 1.97 bits per heavy atom. The molecule has 2 aromatic carbocycles. The van der Waals surface area contributed by atoms with Crippen LogP contribution in [0.1, 0.15) is 25.3 Å². The third kappa shape index (κ3) is 4.35. The first kappa shape index (κ1) is 21.1. The number of nitro benzene ring substituents is 1. The van der Waals surface area contributed by atoms with Crippen LogP contribution in [0.4, 0.5) is 11.4 Å². The van der Waals surface area contributed by atoms with E-state index in [1.165, 1.54) is 23.5 Å². The molecule has 4 rings (SSSR count). The Balaban J connectivity index is 1.76. The second kappa shape index (κ2) is 8.94. The first-order chi connectivity index (χ1) is 15.0. The number of rotatable bonds is 6. The molecular weight excluding hydrogens is 482 g/mol. The van der Waals surface area contributed by atoms with E-state index >= 15 is 0 Å². The number of hydrogen-bond acceptors (Lipinski definition) is 6. The van der Waals surface area contributed by atoms with Gasteiger partial charge in [0, 0.05) is 34.1 Å². The van der Waals surface area contributed by atoms with Gasteiger partial charge in [-0.05, 0) is 42.3 Å². The molecule has 1 amide bonds. The third-order valence-electron chi connectivity index (χ3n) is 4.84. The predicted octanol–water partition coefficient (Wildman–Crippen LogP) is 4.94. The molecule has 0 aliphatic carbocycles. The van der Waals surface area contributed by atoms with Crippen molar-refractivity contribution in [2.75, 3.05) is 5.32 Å². The van der Waals surface area contributed by atoms with Crippen molar-refractivity contribution in [2.24, 2.45) is 10.2 Å². The van der Waals surface area contributed by atoms with Gasteiger partial charge in [0.1, 0.15) is 0 Å². The normalized spacial score (nSPS) is 14.7. The van der Waals surface area contributed by atoms with Gasteiger partial charge in [-0.25, -0.2) is 0 Å². The fourth-order valence-electron chi connectivity index (χ4n) is 3.24. The summed E-state index contributed by atoms with van der Waals surface area (Å²) in [5, 5.41) is 24.4. The number of non-ortho nitro benzene ring substituents is 1. The maximum atomic E-state index is 12.4. The van der Waals surface area contributed by atoms with Crippen LogP contribution in [0.25, 0.3) is 11.3 Å². The van der Waals surface area contributed by atoms with E-state index in [0.29, 0.717) is 16.1 Å². The van der Waals surface area contributed by atoms with Gasteiger partial charge >= 0.3 is 0 Å². The van der Waals surface area contributed by atoms with Crippen LogP contribution in [0, 0.1) is 10.1 Å². The third-order valence-corrected chi connectivity index (χ3v) is 6.19. The molecule has 0 unspecified atom stereocenters. The largest absolute Gasteiger partial charge is 0.320 e. The number of carbonyl (C=O) groups is 1. The number of amides is 1. The van der Waals surface area contributed by atoms with E-state index in [9.17, 15) is 14.9 Å². The van der Waals surface area contributed by atoms with E-state index in [1.54, 1.807) is 12.1 Å². The lowest BCUT2D eigenvalue weighted by molar-refractivity contribution is -0.384. The molecule has 0 fully saturated rings. The average Bonchev–Trinajstić information content (AvgIpc) is 3.30. The lowest BCUT2D eigenvalue weighted by Crippen LogP contribution is -2.17. The van der Waals surface area contributed by atoms with Gasteiger partial charge in [0.05, 0.1) is 16.3 Å². The Morgan fingerprint density at radius 1 is 1.19 bits per heavy atom. The average molecular weight is 500 g/mol. The van der Waals surface area contributed by atoms with Gasteiger partial charge in [-0.3, -0.25) is 14.9 Å². The van der Waals surface area contributed by atoms with Crippen molar-refractivity contribution in [1.29, 1.82) is 0 Å². The molecule has 0 atom stereocenters. The molecule has 158 valence electrons. The number of nitro groups is 1. The van der Waals surface area contributed by atoms with Crippen LogP contribution in [0.5, 0.6) is 0 Å². The molecule has 2 heterocycles. The number of halogens is 1. The summed E-state index contributed by atoms with van der Waals surface area (Å²) in [5.41, 5.74) is 3.50. The smallest absolute Gasteiger partial charge is 0.276 e. The van der Waals surface area contributed by atoms with Gasteiger partial charge < -0.3 is 9.88 Å². The molecule has 1 N–H and O–H groups in total. The summed E-state index contributed by atoms with van der Waals surface area (Å²) in [5.74, 6) is -0.288. The van der Waals surface area contributed by atoms with E-state index < -0.39 is 4.92 Å². The van der Waals surface area contributed by atoms with Crippen molar-refractivity contribution in [3.63, 3.8) is 0 Å². The van der Waals surface area contributed by atoms with Gasteiger partial charge in [0.2, 0.25) is 4.80 Å². The van der Waals surface area contributed by atoms with Crippen LogP contribution in [-0.2, 0) is 11.3 Å². The van der Waals surface area contributed by atoms with Crippen molar-refractivity contribution in [3.05, 3.63) is 72.8 Å². The maximum absolute atomic E-state index is 12.4. The standard InChI is InChI=1S/C21H18BrN5O3S/c1-2-3-10-26-18(13-4-7-15(8-5-13)27(29)30)12-31-21(26)25-24-19-16-11-14(22)6-9-17(16)23-20(19)28/h4-9,11-12H,2-3,10H2,1H3,(H,23,24,28)/b25-21-. The van der Waals surface area contributed by atoms with Crippen LogP contribution in [-0.4, -0.2) is 21.1 Å². The molecule has 0 radical (unpaired) electrons. The predicted molar refractivity (Wildman–Crippen MR) is 124 cm³/mol. The lowest BCUT2D eigenvalue weighted by atomic mass is 10.1. The fourth-order valence-corrected chi connectivity index (χ4v) is 4.49. The summed E-state index contributed by atoms with van der Waals surface area (Å²) < 4.78 is 2.89. The molecule has 8 nitrogen and oxygen atoms in total. The molecule has 0 spiro atoms. The molecular formula is C21H18BrN5O3S. The number of aromatic nitrogens is 1. The SMILES string of the molecule is CCCCn1c(-c2ccc([N+](=O)[O-])cc2)cs/c1=N\N=C1/C(=O)Nc2ccc(Br)cc21. The number of anilines is 1. The topological polar surface area (TPSA) is 102 Å². The molecule has 1 aliphatic rings. The van der Waals surface area contributed by atoms with Gasteiger partial charge in [-0.2, -0.15) is 0 Å². The number of thiazole rings is 1. The van der Waals surface area contributed by atoms with E-state index in [2.05, 4.69) is 38.4 Å². The molecule has 0 saturated carbocycles. The highest BCUT2D eigenvalue weighted by Gasteiger charge is 2.26. The zero-order valence-corrected chi connectivity index (χ0v) is 18.9. The first-order valence-electron chi connectivity index (χ1n) is 9.64. The monoisotopic (exact) mass is 499 g/mol. The van der Waals surface area contributed by atoms with Crippen LogP contribution in [0.3, 0.4) is 0 Å². The number of benzene rings is 2. The molecule has 0 bridgehead atoms. The minimum Gasteiger partial charge on any atom is -0.320 e. The Kier molecular flexibility index (Phi) is 6.10. The second-order valence-electron chi connectivity index (χ2n) is 6.91. The fraction of sp³-hybridized carbons (Fsp3) is 0.190. The highest BCUT2D eigenvalue weighted by Crippen LogP contribution is 2.27. The van der Waals surface area contributed by atoms with Crippen LogP contribution < -0.4 is 10.1 Å².